The van der Waals surface area contributed by atoms with E-state index in [-0.39, 0.29) is 0 Å². The molecule has 0 aliphatic carbocycles. The van der Waals surface area contributed by atoms with Crippen molar-refractivity contribution in [2.45, 2.75) is 13.8 Å². The van der Waals surface area contributed by atoms with E-state index in [1.54, 1.807) is 11.3 Å². The monoisotopic (exact) mass is 304 g/mol. The molecule has 0 fully saturated rings. The maximum Gasteiger partial charge on any atom is 0.195 e. The zero-order valence-corrected chi connectivity index (χ0v) is 13.4. The zero-order valence-electron chi connectivity index (χ0n) is 12.6. The molecular formula is C19H16N2S. The summed E-state index contributed by atoms with van der Waals surface area (Å²) in [5, 5.41) is 0. The quantitative estimate of drug-likeness (QED) is 0.488. The minimum Gasteiger partial charge on any atom is -0.294 e. The first-order chi connectivity index (χ1) is 10.7. The highest BCUT2D eigenvalue weighted by Gasteiger charge is 2.13. The molecule has 2 nitrogen and oxygen atoms in total. The van der Waals surface area contributed by atoms with Gasteiger partial charge in [-0.25, -0.2) is 4.98 Å². The standard InChI is InChI=1S/C19H16N2S/c1-13-7-6-10-16(11-13)18-14(2)21-12-17(20-19(21)22-18)15-8-4-3-5-9-15/h3-12H,1-2H3. The molecule has 0 atom stereocenters. The van der Waals surface area contributed by atoms with Crippen molar-refractivity contribution in [3.05, 3.63) is 72.1 Å². The molecular weight excluding hydrogens is 288 g/mol. The highest BCUT2D eigenvalue weighted by molar-refractivity contribution is 7.20. The average Bonchev–Trinajstić information content (AvgIpc) is 3.08. The Morgan fingerprint density at radius 1 is 0.909 bits per heavy atom. The van der Waals surface area contributed by atoms with Crippen LogP contribution < -0.4 is 0 Å². The van der Waals surface area contributed by atoms with Gasteiger partial charge in [-0.3, -0.25) is 4.40 Å². The van der Waals surface area contributed by atoms with Crippen LogP contribution in [0.1, 0.15) is 11.3 Å². The van der Waals surface area contributed by atoms with E-state index in [1.807, 2.05) is 18.2 Å². The summed E-state index contributed by atoms with van der Waals surface area (Å²) >= 11 is 1.75. The molecule has 0 amide bonds. The fourth-order valence-corrected chi connectivity index (χ4v) is 3.86. The van der Waals surface area contributed by atoms with Gasteiger partial charge in [0.1, 0.15) is 0 Å². The van der Waals surface area contributed by atoms with Crippen LogP contribution >= 0.6 is 11.3 Å². The maximum atomic E-state index is 4.79. The Morgan fingerprint density at radius 2 is 1.68 bits per heavy atom. The molecule has 0 aliphatic heterocycles. The van der Waals surface area contributed by atoms with Crippen molar-refractivity contribution in [1.29, 1.82) is 0 Å². The van der Waals surface area contributed by atoms with Gasteiger partial charge in [-0.2, -0.15) is 0 Å². The van der Waals surface area contributed by atoms with Crippen LogP contribution in [0.25, 0.3) is 26.7 Å². The van der Waals surface area contributed by atoms with Crippen LogP contribution in [0.5, 0.6) is 0 Å². The predicted octanol–water partition coefficient (Wildman–Crippen LogP) is 5.35. The number of fused-ring (bicyclic) bond motifs is 1. The number of hydrogen-bond donors (Lipinski definition) is 0. The van der Waals surface area contributed by atoms with E-state index in [1.165, 1.54) is 21.7 Å². The maximum absolute atomic E-state index is 4.79. The molecule has 0 spiro atoms. The van der Waals surface area contributed by atoms with E-state index in [0.717, 1.165) is 16.2 Å². The Morgan fingerprint density at radius 3 is 2.41 bits per heavy atom. The Balaban J connectivity index is 1.84. The summed E-state index contributed by atoms with van der Waals surface area (Å²) in [5.41, 5.74) is 6.00. The molecule has 2 aromatic heterocycles. The van der Waals surface area contributed by atoms with Gasteiger partial charge in [-0.05, 0) is 19.4 Å². The fourth-order valence-electron chi connectivity index (χ4n) is 2.75. The van der Waals surface area contributed by atoms with Gasteiger partial charge in [0.2, 0.25) is 0 Å². The normalized spacial score (nSPS) is 11.2. The number of nitrogens with zero attached hydrogens (tertiary/aromatic N) is 2. The van der Waals surface area contributed by atoms with Gasteiger partial charge in [-0.1, -0.05) is 71.5 Å². The van der Waals surface area contributed by atoms with Crippen molar-refractivity contribution >= 4 is 16.3 Å². The van der Waals surface area contributed by atoms with Crippen LogP contribution in [0.2, 0.25) is 0 Å². The van der Waals surface area contributed by atoms with Gasteiger partial charge < -0.3 is 0 Å². The molecule has 0 saturated carbocycles. The third-order valence-corrected chi connectivity index (χ3v) is 5.11. The second-order valence-electron chi connectivity index (χ2n) is 5.53. The summed E-state index contributed by atoms with van der Waals surface area (Å²) in [7, 11) is 0. The summed E-state index contributed by atoms with van der Waals surface area (Å²) in [6, 6.07) is 19.0. The first-order valence-electron chi connectivity index (χ1n) is 7.33. The predicted molar refractivity (Wildman–Crippen MR) is 93.4 cm³/mol. The highest BCUT2D eigenvalue weighted by atomic mass is 32.1. The van der Waals surface area contributed by atoms with Crippen molar-refractivity contribution in [2.24, 2.45) is 0 Å². The molecule has 0 bridgehead atoms. The number of imidazole rings is 1. The van der Waals surface area contributed by atoms with Gasteiger partial charge in [0.15, 0.2) is 4.96 Å². The van der Waals surface area contributed by atoms with Crippen LogP contribution in [-0.4, -0.2) is 9.38 Å². The summed E-state index contributed by atoms with van der Waals surface area (Å²) < 4.78 is 2.20. The molecule has 0 N–H and O–H groups in total. The van der Waals surface area contributed by atoms with E-state index in [0.29, 0.717) is 0 Å². The van der Waals surface area contributed by atoms with Gasteiger partial charge in [0, 0.05) is 17.5 Å². The molecule has 4 aromatic rings. The van der Waals surface area contributed by atoms with E-state index in [4.69, 9.17) is 4.98 Å². The first-order valence-corrected chi connectivity index (χ1v) is 8.15. The molecule has 4 rings (SSSR count). The minimum absolute atomic E-state index is 1.03. The third kappa shape index (κ3) is 2.14. The van der Waals surface area contributed by atoms with E-state index in [2.05, 4.69) is 60.8 Å². The lowest BCUT2D eigenvalue weighted by molar-refractivity contribution is 1.13. The summed E-state index contributed by atoms with van der Waals surface area (Å²) in [6.45, 7) is 4.29. The summed E-state index contributed by atoms with van der Waals surface area (Å²) in [4.78, 5) is 7.14. The number of aryl methyl sites for hydroxylation is 2. The Labute approximate surface area is 133 Å². The summed E-state index contributed by atoms with van der Waals surface area (Å²) in [6.07, 6.45) is 2.13. The highest BCUT2D eigenvalue weighted by Crippen LogP contribution is 2.34. The largest absolute Gasteiger partial charge is 0.294 e. The number of thiazole rings is 1. The Hall–Kier alpha value is -2.39. The molecule has 108 valence electrons. The second kappa shape index (κ2) is 5.11. The molecule has 3 heteroatoms. The molecule has 0 aliphatic rings. The molecule has 0 radical (unpaired) electrons. The minimum atomic E-state index is 1.03. The molecule has 0 saturated heterocycles. The first kappa shape index (κ1) is 13.3. The van der Waals surface area contributed by atoms with E-state index < -0.39 is 0 Å². The number of aromatic nitrogens is 2. The Bertz CT molecular complexity index is 948. The van der Waals surface area contributed by atoms with E-state index >= 15 is 0 Å². The van der Waals surface area contributed by atoms with Gasteiger partial charge in [0.25, 0.3) is 0 Å². The lowest BCUT2D eigenvalue weighted by Gasteiger charge is -2.01. The van der Waals surface area contributed by atoms with Crippen molar-refractivity contribution in [2.75, 3.05) is 0 Å². The number of rotatable bonds is 2. The van der Waals surface area contributed by atoms with Crippen LogP contribution in [0.3, 0.4) is 0 Å². The SMILES string of the molecule is Cc1cccc(-c2sc3nc(-c4ccccc4)cn3c2C)c1. The van der Waals surface area contributed by atoms with Crippen molar-refractivity contribution in [3.8, 4) is 21.7 Å². The van der Waals surface area contributed by atoms with Crippen molar-refractivity contribution in [1.82, 2.24) is 9.38 Å². The van der Waals surface area contributed by atoms with E-state index in [9.17, 15) is 0 Å². The topological polar surface area (TPSA) is 17.3 Å². The summed E-state index contributed by atoms with van der Waals surface area (Å²) in [5.74, 6) is 0. The van der Waals surface area contributed by atoms with Crippen LogP contribution in [0.4, 0.5) is 0 Å². The van der Waals surface area contributed by atoms with Gasteiger partial charge in [-0.15, -0.1) is 0 Å². The zero-order chi connectivity index (χ0) is 15.1. The van der Waals surface area contributed by atoms with Crippen LogP contribution in [0.15, 0.2) is 60.8 Å². The Kier molecular flexibility index (Phi) is 3.09. The van der Waals surface area contributed by atoms with Crippen molar-refractivity contribution < 1.29 is 0 Å². The third-order valence-electron chi connectivity index (χ3n) is 3.91. The van der Waals surface area contributed by atoms with Crippen LogP contribution in [-0.2, 0) is 0 Å². The molecule has 22 heavy (non-hydrogen) atoms. The number of hydrogen-bond acceptors (Lipinski definition) is 2. The smallest absolute Gasteiger partial charge is 0.195 e. The van der Waals surface area contributed by atoms with Gasteiger partial charge >= 0.3 is 0 Å². The molecule has 2 heterocycles. The lowest BCUT2D eigenvalue weighted by atomic mass is 10.1. The molecule has 0 unspecified atom stereocenters. The lowest BCUT2D eigenvalue weighted by Crippen LogP contribution is -1.84. The van der Waals surface area contributed by atoms with Gasteiger partial charge in [0.05, 0.1) is 10.6 Å². The second-order valence-corrected chi connectivity index (χ2v) is 6.51. The van der Waals surface area contributed by atoms with Crippen LogP contribution in [0, 0.1) is 13.8 Å². The fraction of sp³-hybridized carbons (Fsp3) is 0.105. The molecule has 2 aromatic carbocycles. The van der Waals surface area contributed by atoms with Crippen molar-refractivity contribution in [3.63, 3.8) is 0 Å². The average molecular weight is 304 g/mol. The number of benzene rings is 2.